The first-order chi connectivity index (χ1) is 12.5. The Morgan fingerprint density at radius 3 is 2.15 bits per heavy atom. The summed E-state index contributed by atoms with van der Waals surface area (Å²) in [5.41, 5.74) is 4.39. The SMILES string of the molecule is CCCCOc1ccc(C(=O)NNC(=O)c2ccccc2C(=O)[O-])cc1. The molecule has 7 heteroatoms. The molecule has 2 aromatic rings. The van der Waals surface area contributed by atoms with Crippen LogP contribution in [0.5, 0.6) is 5.75 Å². The molecule has 0 atom stereocenters. The monoisotopic (exact) mass is 355 g/mol. The second kappa shape index (κ2) is 9.22. The van der Waals surface area contributed by atoms with Crippen molar-refractivity contribution in [1.82, 2.24) is 10.9 Å². The molecule has 26 heavy (non-hydrogen) atoms. The smallest absolute Gasteiger partial charge is 0.270 e. The van der Waals surface area contributed by atoms with Crippen molar-refractivity contribution in [1.29, 1.82) is 0 Å². The largest absolute Gasteiger partial charge is 0.545 e. The zero-order valence-electron chi connectivity index (χ0n) is 14.3. The maximum Gasteiger partial charge on any atom is 0.270 e. The highest BCUT2D eigenvalue weighted by atomic mass is 16.5. The summed E-state index contributed by atoms with van der Waals surface area (Å²) in [6.45, 7) is 2.67. The van der Waals surface area contributed by atoms with Gasteiger partial charge in [0.25, 0.3) is 11.8 Å². The summed E-state index contributed by atoms with van der Waals surface area (Å²) in [7, 11) is 0. The van der Waals surface area contributed by atoms with Gasteiger partial charge >= 0.3 is 0 Å². The molecule has 0 bridgehead atoms. The lowest BCUT2D eigenvalue weighted by molar-refractivity contribution is -0.255. The fraction of sp³-hybridized carbons (Fsp3) is 0.211. The van der Waals surface area contributed by atoms with Gasteiger partial charge in [-0.15, -0.1) is 0 Å². The van der Waals surface area contributed by atoms with E-state index in [0.29, 0.717) is 17.9 Å². The van der Waals surface area contributed by atoms with Gasteiger partial charge in [0.1, 0.15) is 5.75 Å². The van der Waals surface area contributed by atoms with Gasteiger partial charge in [-0.1, -0.05) is 31.5 Å². The van der Waals surface area contributed by atoms with E-state index in [1.807, 2.05) is 0 Å². The lowest BCUT2D eigenvalue weighted by atomic mass is 10.1. The van der Waals surface area contributed by atoms with Crippen LogP contribution in [0.15, 0.2) is 48.5 Å². The van der Waals surface area contributed by atoms with Crippen LogP contribution in [0.3, 0.4) is 0 Å². The van der Waals surface area contributed by atoms with Gasteiger partial charge in [0.2, 0.25) is 0 Å². The Kier molecular flexibility index (Phi) is 6.73. The lowest BCUT2D eigenvalue weighted by Crippen LogP contribution is -2.42. The van der Waals surface area contributed by atoms with E-state index in [2.05, 4.69) is 17.8 Å². The fourth-order valence-electron chi connectivity index (χ4n) is 2.15. The van der Waals surface area contributed by atoms with Crippen LogP contribution in [0.2, 0.25) is 0 Å². The quantitative estimate of drug-likeness (QED) is 0.575. The standard InChI is InChI=1S/C19H20N2O5/c1-2-3-12-26-14-10-8-13(9-11-14)17(22)20-21-18(23)15-6-4-5-7-16(15)19(24)25/h4-11H,2-3,12H2,1H3,(H,20,22)(H,21,23)(H,24,25)/p-1. The molecule has 0 aliphatic heterocycles. The molecule has 0 saturated carbocycles. The molecule has 0 heterocycles. The normalized spacial score (nSPS) is 10.0. The Labute approximate surface area is 151 Å². The topological polar surface area (TPSA) is 108 Å². The Bertz CT molecular complexity index is 787. The van der Waals surface area contributed by atoms with Crippen LogP contribution in [-0.4, -0.2) is 24.4 Å². The van der Waals surface area contributed by atoms with Crippen molar-refractivity contribution in [3.8, 4) is 5.75 Å². The van der Waals surface area contributed by atoms with E-state index in [9.17, 15) is 19.5 Å². The molecule has 0 spiro atoms. The Hall–Kier alpha value is -3.35. The summed E-state index contributed by atoms with van der Waals surface area (Å²) in [6, 6.07) is 12.0. The zero-order valence-corrected chi connectivity index (χ0v) is 14.3. The van der Waals surface area contributed by atoms with Crippen molar-refractivity contribution in [3.63, 3.8) is 0 Å². The lowest BCUT2D eigenvalue weighted by Gasteiger charge is -2.11. The number of aromatic carboxylic acids is 1. The van der Waals surface area contributed by atoms with Crippen molar-refractivity contribution in [2.45, 2.75) is 19.8 Å². The second-order valence-electron chi connectivity index (χ2n) is 5.47. The van der Waals surface area contributed by atoms with Crippen LogP contribution in [0.1, 0.15) is 50.8 Å². The minimum absolute atomic E-state index is 0.104. The number of rotatable bonds is 7. The molecule has 0 saturated heterocycles. The van der Waals surface area contributed by atoms with E-state index in [0.717, 1.165) is 12.8 Å². The number of carbonyl (C=O) groups excluding carboxylic acids is 3. The summed E-state index contributed by atoms with van der Waals surface area (Å²) >= 11 is 0. The zero-order chi connectivity index (χ0) is 18.9. The minimum Gasteiger partial charge on any atom is -0.545 e. The molecule has 2 N–H and O–H groups in total. The predicted octanol–water partition coefficient (Wildman–Crippen LogP) is 1.30. The average Bonchev–Trinajstić information content (AvgIpc) is 2.66. The van der Waals surface area contributed by atoms with Gasteiger partial charge in [-0.05, 0) is 36.8 Å². The third-order valence-electron chi connectivity index (χ3n) is 3.56. The van der Waals surface area contributed by atoms with Gasteiger partial charge in [-0.2, -0.15) is 0 Å². The van der Waals surface area contributed by atoms with Crippen LogP contribution >= 0.6 is 0 Å². The maximum atomic E-state index is 12.1. The predicted molar refractivity (Wildman–Crippen MR) is 92.5 cm³/mol. The summed E-state index contributed by atoms with van der Waals surface area (Å²) in [4.78, 5) is 35.2. The van der Waals surface area contributed by atoms with Gasteiger partial charge in [-0.3, -0.25) is 20.4 Å². The molecule has 0 aromatic heterocycles. The van der Waals surface area contributed by atoms with Crippen LogP contribution in [0, 0.1) is 0 Å². The summed E-state index contributed by atoms with van der Waals surface area (Å²) < 4.78 is 5.51. The number of hydrogen-bond acceptors (Lipinski definition) is 5. The fourth-order valence-corrected chi connectivity index (χ4v) is 2.15. The van der Waals surface area contributed by atoms with Gasteiger partial charge in [-0.25, -0.2) is 0 Å². The van der Waals surface area contributed by atoms with Crippen LogP contribution in [0.25, 0.3) is 0 Å². The highest BCUT2D eigenvalue weighted by Gasteiger charge is 2.13. The highest BCUT2D eigenvalue weighted by Crippen LogP contribution is 2.13. The number of hydrazine groups is 1. The van der Waals surface area contributed by atoms with E-state index in [1.165, 1.54) is 24.3 Å². The summed E-state index contributed by atoms with van der Waals surface area (Å²) in [5.74, 6) is -2.11. The minimum atomic E-state index is -1.47. The van der Waals surface area contributed by atoms with E-state index in [-0.39, 0.29) is 11.1 Å². The van der Waals surface area contributed by atoms with Crippen LogP contribution < -0.4 is 20.7 Å². The molecule has 0 unspecified atom stereocenters. The Balaban J connectivity index is 1.94. The number of amides is 2. The average molecular weight is 355 g/mol. The van der Waals surface area contributed by atoms with E-state index < -0.39 is 17.8 Å². The summed E-state index contributed by atoms with van der Waals surface area (Å²) in [6.07, 6.45) is 1.98. The molecule has 2 amide bonds. The first kappa shape index (κ1) is 19.0. The molecule has 2 rings (SSSR count). The third kappa shape index (κ3) is 5.07. The highest BCUT2D eigenvalue weighted by molar-refractivity contribution is 6.05. The number of ether oxygens (including phenoxy) is 1. The third-order valence-corrected chi connectivity index (χ3v) is 3.56. The van der Waals surface area contributed by atoms with Gasteiger partial charge in [0, 0.05) is 11.1 Å². The van der Waals surface area contributed by atoms with E-state index in [4.69, 9.17) is 4.74 Å². The van der Waals surface area contributed by atoms with Gasteiger partial charge < -0.3 is 14.6 Å². The molecular formula is C19H19N2O5-. The van der Waals surface area contributed by atoms with E-state index >= 15 is 0 Å². The van der Waals surface area contributed by atoms with Crippen molar-refractivity contribution >= 4 is 17.8 Å². The van der Waals surface area contributed by atoms with E-state index in [1.54, 1.807) is 24.3 Å². The van der Waals surface area contributed by atoms with Crippen molar-refractivity contribution in [3.05, 3.63) is 65.2 Å². The maximum absolute atomic E-state index is 12.1. The number of carbonyl (C=O) groups is 3. The molecule has 0 fully saturated rings. The van der Waals surface area contributed by atoms with Crippen LogP contribution in [-0.2, 0) is 0 Å². The number of benzene rings is 2. The second-order valence-corrected chi connectivity index (χ2v) is 5.47. The summed E-state index contributed by atoms with van der Waals surface area (Å²) in [5, 5.41) is 11.0. The molecular weight excluding hydrogens is 336 g/mol. The molecule has 0 aliphatic carbocycles. The number of unbranched alkanes of at least 4 members (excludes halogenated alkanes) is 1. The first-order valence-electron chi connectivity index (χ1n) is 8.17. The van der Waals surface area contributed by atoms with Crippen molar-refractivity contribution in [2.24, 2.45) is 0 Å². The number of nitrogens with one attached hydrogen (secondary N) is 2. The van der Waals surface area contributed by atoms with Gasteiger partial charge in [0.05, 0.1) is 18.1 Å². The molecule has 0 aliphatic rings. The van der Waals surface area contributed by atoms with Crippen molar-refractivity contribution in [2.75, 3.05) is 6.61 Å². The van der Waals surface area contributed by atoms with Crippen molar-refractivity contribution < 1.29 is 24.2 Å². The van der Waals surface area contributed by atoms with Gasteiger partial charge in [0.15, 0.2) is 0 Å². The molecule has 136 valence electrons. The first-order valence-corrected chi connectivity index (χ1v) is 8.17. The molecule has 2 aromatic carbocycles. The number of carboxylic acid groups (broad SMARTS) is 1. The number of hydrogen-bond donors (Lipinski definition) is 2. The Morgan fingerprint density at radius 1 is 0.923 bits per heavy atom. The Morgan fingerprint density at radius 2 is 1.54 bits per heavy atom. The number of carboxylic acids is 1. The van der Waals surface area contributed by atoms with Crippen LogP contribution in [0.4, 0.5) is 0 Å². The molecule has 0 radical (unpaired) electrons. The molecule has 7 nitrogen and oxygen atoms in total.